The van der Waals surface area contributed by atoms with Crippen LogP contribution in [0, 0.1) is 0 Å². The quantitative estimate of drug-likeness (QED) is 0.879. The van der Waals surface area contributed by atoms with Crippen molar-refractivity contribution < 1.29 is 0 Å². The fourth-order valence-electron chi connectivity index (χ4n) is 2.98. The van der Waals surface area contributed by atoms with Crippen LogP contribution in [0.4, 0.5) is 0 Å². The van der Waals surface area contributed by atoms with Crippen LogP contribution in [0.3, 0.4) is 0 Å². The van der Waals surface area contributed by atoms with Crippen LogP contribution in [0.15, 0.2) is 18.2 Å². The second-order valence-electron chi connectivity index (χ2n) is 5.33. The van der Waals surface area contributed by atoms with Crippen molar-refractivity contribution in [2.45, 2.75) is 44.7 Å². The SMILES string of the molecule is CC(NC1CCSC1)c1ccc2c(c1)CCC2. The van der Waals surface area contributed by atoms with Crippen molar-refractivity contribution in [1.29, 1.82) is 0 Å². The molecule has 1 fully saturated rings. The number of thioether (sulfide) groups is 1. The van der Waals surface area contributed by atoms with E-state index in [1.165, 1.54) is 42.8 Å². The van der Waals surface area contributed by atoms with E-state index >= 15 is 0 Å². The van der Waals surface area contributed by atoms with E-state index in [-0.39, 0.29) is 0 Å². The second-order valence-corrected chi connectivity index (χ2v) is 6.48. The predicted molar refractivity (Wildman–Crippen MR) is 75.7 cm³/mol. The number of hydrogen-bond acceptors (Lipinski definition) is 2. The molecule has 1 aliphatic heterocycles. The van der Waals surface area contributed by atoms with Crippen LogP contribution in [0.25, 0.3) is 0 Å². The maximum absolute atomic E-state index is 3.77. The lowest BCUT2D eigenvalue weighted by Crippen LogP contribution is -2.31. The topological polar surface area (TPSA) is 12.0 Å². The fraction of sp³-hybridized carbons (Fsp3) is 0.600. The molecule has 1 saturated heterocycles. The van der Waals surface area contributed by atoms with Crippen LogP contribution in [-0.4, -0.2) is 17.5 Å². The second kappa shape index (κ2) is 5.03. The highest BCUT2D eigenvalue weighted by molar-refractivity contribution is 7.99. The van der Waals surface area contributed by atoms with E-state index in [4.69, 9.17) is 0 Å². The first-order valence-electron chi connectivity index (χ1n) is 6.78. The van der Waals surface area contributed by atoms with Crippen molar-refractivity contribution in [2.75, 3.05) is 11.5 Å². The molecule has 2 unspecified atom stereocenters. The lowest BCUT2D eigenvalue weighted by molar-refractivity contribution is 0.486. The smallest absolute Gasteiger partial charge is 0.0294 e. The Labute approximate surface area is 108 Å². The molecular weight excluding hydrogens is 226 g/mol. The first-order chi connectivity index (χ1) is 8.33. The molecule has 1 aromatic rings. The minimum absolute atomic E-state index is 0.504. The Kier molecular flexibility index (Phi) is 3.44. The number of benzene rings is 1. The van der Waals surface area contributed by atoms with Crippen LogP contribution in [0.5, 0.6) is 0 Å². The minimum Gasteiger partial charge on any atom is -0.307 e. The average molecular weight is 247 g/mol. The summed E-state index contributed by atoms with van der Waals surface area (Å²) in [5.74, 6) is 2.61. The van der Waals surface area contributed by atoms with Gasteiger partial charge in [0.15, 0.2) is 0 Å². The Morgan fingerprint density at radius 2 is 2.18 bits per heavy atom. The normalized spacial score (nSPS) is 24.9. The van der Waals surface area contributed by atoms with Crippen LogP contribution in [0.1, 0.15) is 42.5 Å². The van der Waals surface area contributed by atoms with Crippen LogP contribution in [0.2, 0.25) is 0 Å². The molecule has 2 heteroatoms. The van der Waals surface area contributed by atoms with Gasteiger partial charge in [-0.2, -0.15) is 11.8 Å². The monoisotopic (exact) mass is 247 g/mol. The maximum Gasteiger partial charge on any atom is 0.0294 e. The molecule has 0 amide bonds. The largest absolute Gasteiger partial charge is 0.307 e. The molecule has 2 atom stereocenters. The van der Waals surface area contributed by atoms with Crippen molar-refractivity contribution in [3.8, 4) is 0 Å². The summed E-state index contributed by atoms with van der Waals surface area (Å²) in [7, 11) is 0. The standard InChI is InChI=1S/C15H21NS/c1-11(16-15-7-8-17-10-15)13-6-5-12-3-2-4-14(12)9-13/h5-6,9,11,15-16H,2-4,7-8,10H2,1H3. The third kappa shape index (κ3) is 2.53. The molecule has 0 spiro atoms. The molecule has 17 heavy (non-hydrogen) atoms. The number of hydrogen-bond donors (Lipinski definition) is 1. The van der Waals surface area contributed by atoms with Crippen molar-refractivity contribution in [1.82, 2.24) is 5.32 Å². The van der Waals surface area contributed by atoms with Crippen LogP contribution < -0.4 is 5.32 Å². The van der Waals surface area contributed by atoms with Gasteiger partial charge in [-0.1, -0.05) is 18.2 Å². The average Bonchev–Trinajstić information content (AvgIpc) is 2.97. The molecule has 0 radical (unpaired) electrons. The van der Waals surface area contributed by atoms with Crippen molar-refractivity contribution in [2.24, 2.45) is 0 Å². The van der Waals surface area contributed by atoms with Gasteiger partial charge in [-0.25, -0.2) is 0 Å². The summed E-state index contributed by atoms with van der Waals surface area (Å²) in [6.07, 6.45) is 5.26. The third-order valence-corrected chi connectivity index (χ3v) is 5.20. The Morgan fingerprint density at radius 3 is 3.00 bits per heavy atom. The van der Waals surface area contributed by atoms with Gasteiger partial charge in [0.25, 0.3) is 0 Å². The molecule has 1 aromatic carbocycles. The van der Waals surface area contributed by atoms with Crippen molar-refractivity contribution >= 4 is 11.8 Å². The maximum atomic E-state index is 3.77. The minimum atomic E-state index is 0.504. The fourth-order valence-corrected chi connectivity index (χ4v) is 4.14. The zero-order chi connectivity index (χ0) is 11.7. The third-order valence-electron chi connectivity index (χ3n) is 4.04. The van der Waals surface area contributed by atoms with Gasteiger partial charge >= 0.3 is 0 Å². The summed E-state index contributed by atoms with van der Waals surface area (Å²) >= 11 is 2.08. The van der Waals surface area contributed by atoms with E-state index in [2.05, 4.69) is 42.2 Å². The molecule has 0 saturated carbocycles. The molecule has 0 bridgehead atoms. The van der Waals surface area contributed by atoms with Crippen molar-refractivity contribution in [3.05, 3.63) is 34.9 Å². The molecule has 3 rings (SSSR count). The summed E-state index contributed by atoms with van der Waals surface area (Å²) in [6, 6.07) is 8.33. The van der Waals surface area contributed by atoms with Crippen LogP contribution in [-0.2, 0) is 12.8 Å². The van der Waals surface area contributed by atoms with Gasteiger partial charge in [-0.3, -0.25) is 0 Å². The van der Waals surface area contributed by atoms with Gasteiger partial charge in [-0.15, -0.1) is 0 Å². The molecule has 92 valence electrons. The first kappa shape index (κ1) is 11.6. The summed E-state index contributed by atoms with van der Waals surface area (Å²) in [5, 5.41) is 3.77. The number of fused-ring (bicyclic) bond motifs is 1. The first-order valence-corrected chi connectivity index (χ1v) is 7.94. The highest BCUT2D eigenvalue weighted by atomic mass is 32.2. The van der Waals surface area contributed by atoms with Crippen LogP contribution >= 0.6 is 11.8 Å². The van der Waals surface area contributed by atoms with E-state index in [0.717, 1.165) is 6.04 Å². The van der Waals surface area contributed by atoms with Gasteiger partial charge in [0.2, 0.25) is 0 Å². The lowest BCUT2D eigenvalue weighted by atomic mass is 10.0. The summed E-state index contributed by atoms with van der Waals surface area (Å²) in [6.45, 7) is 2.31. The van der Waals surface area contributed by atoms with Gasteiger partial charge in [-0.05, 0) is 55.1 Å². The molecular formula is C15H21NS. The Hall–Kier alpha value is -0.470. The highest BCUT2D eigenvalue weighted by Crippen LogP contribution is 2.26. The number of rotatable bonds is 3. The molecule has 1 heterocycles. The number of aryl methyl sites for hydroxylation is 2. The van der Waals surface area contributed by atoms with E-state index < -0.39 is 0 Å². The van der Waals surface area contributed by atoms with Crippen molar-refractivity contribution in [3.63, 3.8) is 0 Å². The van der Waals surface area contributed by atoms with E-state index in [9.17, 15) is 0 Å². The molecule has 1 nitrogen and oxygen atoms in total. The molecule has 1 aliphatic carbocycles. The van der Waals surface area contributed by atoms with E-state index in [0.29, 0.717) is 6.04 Å². The van der Waals surface area contributed by atoms with Gasteiger partial charge in [0, 0.05) is 17.8 Å². The highest BCUT2D eigenvalue weighted by Gasteiger charge is 2.19. The zero-order valence-corrected chi connectivity index (χ0v) is 11.4. The predicted octanol–water partition coefficient (Wildman–Crippen LogP) is 3.33. The number of nitrogens with one attached hydrogen (secondary N) is 1. The summed E-state index contributed by atoms with van der Waals surface area (Å²) < 4.78 is 0. The molecule has 0 aromatic heterocycles. The molecule has 2 aliphatic rings. The Morgan fingerprint density at radius 1 is 1.29 bits per heavy atom. The van der Waals surface area contributed by atoms with E-state index in [1.54, 1.807) is 11.1 Å². The van der Waals surface area contributed by atoms with Gasteiger partial charge < -0.3 is 5.32 Å². The Balaban J connectivity index is 1.70. The molecule has 1 N–H and O–H groups in total. The van der Waals surface area contributed by atoms with E-state index in [1.807, 2.05) is 0 Å². The van der Waals surface area contributed by atoms with Gasteiger partial charge in [0.05, 0.1) is 0 Å². The zero-order valence-electron chi connectivity index (χ0n) is 10.5. The van der Waals surface area contributed by atoms with Gasteiger partial charge in [0.1, 0.15) is 0 Å². The summed E-state index contributed by atoms with van der Waals surface area (Å²) in [4.78, 5) is 0. The Bertz CT molecular complexity index is 396. The summed E-state index contributed by atoms with van der Waals surface area (Å²) in [5.41, 5.74) is 4.65. The lowest BCUT2D eigenvalue weighted by Gasteiger charge is -2.19.